The van der Waals surface area contributed by atoms with Crippen molar-refractivity contribution in [3.63, 3.8) is 0 Å². The number of halogens is 6. The molecule has 9 aliphatic rings. The number of alkyl halides is 3. The summed E-state index contributed by atoms with van der Waals surface area (Å²) in [6.07, 6.45) is 8.30. The van der Waals surface area contributed by atoms with Crippen LogP contribution in [0.4, 0.5) is 67.6 Å². The molecule has 31 heteroatoms. The van der Waals surface area contributed by atoms with E-state index in [4.69, 9.17) is 39.2 Å². The Morgan fingerprint density at radius 2 is 0.956 bits per heavy atom. The molecule has 9 fully saturated rings. The van der Waals surface area contributed by atoms with Gasteiger partial charge in [0.2, 0.25) is 5.95 Å². The molecule has 2 aromatic carbocycles. The molecule has 0 unspecified atom stereocenters. The summed E-state index contributed by atoms with van der Waals surface area (Å²) in [5.41, 5.74) is 9.67. The van der Waals surface area contributed by atoms with Gasteiger partial charge in [-0.3, -0.25) is 0 Å². The number of amides is 4. The Bertz CT molecular complexity index is 3850. The van der Waals surface area contributed by atoms with Crippen molar-refractivity contribution in [1.29, 1.82) is 0 Å². The molecule has 3 aliphatic carbocycles. The lowest BCUT2D eigenvalue weighted by Crippen LogP contribution is -2.41. The van der Waals surface area contributed by atoms with E-state index in [1.807, 2.05) is 83.4 Å². The molecule has 9 N–H and O–H groups in total. The molecule has 0 spiro atoms. The zero-order valence-corrected chi connectivity index (χ0v) is 73.0. The van der Waals surface area contributed by atoms with Crippen LogP contribution in [-0.2, 0) is 23.5 Å². The SMILES string of the molecule is CC1(O)CCC(N)CC1.CC1(O)CCC(Nc2cc(I)cc(N3CCOCC3)n2)CC1.CC[C@@H]1CCN(C(=O)Nc2ccc(C)c(-c3cc(NC4CCC(C)(O)CC4)nc(N4CCOCC4)c3)c2)C1.Cc1ccc(NC(=O)N2CC[C@@H](CC(F)(F)F)C2)cc1B1OC(C)(C)C(C)(C)O1.Fc1cc(I)cc(N2CCOCC2)n1.S. The van der Waals surface area contributed by atoms with Crippen LogP contribution in [0, 0.1) is 38.8 Å². The van der Waals surface area contributed by atoms with E-state index in [2.05, 4.69) is 131 Å². The molecule has 4 amide bonds. The van der Waals surface area contributed by atoms with Crippen LogP contribution in [0.1, 0.15) is 169 Å². The number of hydrogen-bond acceptors (Lipinski definition) is 19. The van der Waals surface area contributed by atoms with E-state index in [0.717, 1.165) is 216 Å². The first-order chi connectivity index (χ1) is 52.9. The van der Waals surface area contributed by atoms with E-state index in [1.54, 1.807) is 12.1 Å². The monoisotopic (exact) mass is 1820 g/mol. The summed E-state index contributed by atoms with van der Waals surface area (Å²) in [5.74, 6) is 4.11. The standard InChI is InChI=1S/C30H43N5O3.C20H28BF3N2O3.C16H24IN3O2.C9H10FIN2O.C7H15NO.H2S/c1-4-22-9-12-35(20-22)29(36)32-25-6-5-21(2)26(19-25)23-17-27(31-24-7-10-30(3,37)11-8-24)33-28(18-23)34-13-15-38-16-14-34;1-13-6-7-15(10-16(13)21-28-18(2,3)19(4,5)29-21)25-17(27)26-9-8-14(12-26)11-20(22,23)24;1-16(21)4-2-13(3-5-16)18-14-10-12(17)11-15(19-14)20-6-8-22-9-7-20;10-8-5-7(11)6-9(12-8)13-1-3-14-4-2-13;1-7(9)4-2-6(8)3-5-7;/h5-6,17-19,22,24,37H,4,7-16,20H2,1-3H3,(H,31,33)(H,32,36);6-7,10,14H,8-9,11-12H2,1-5H3,(H,25,27);10-11,13,21H,2-9H2,1H3,(H,18,19);5-6H,1-4H2;6,9H,2-5,8H2,1H3;1H2/t22-,24?,30?;14-;;;;/m10..../s1. The number of carbonyl (C=O) groups is 2. The maximum atomic E-state index is 13.0. The van der Waals surface area contributed by atoms with E-state index < -0.39 is 65.6 Å². The molecule has 3 saturated carbocycles. The van der Waals surface area contributed by atoms with Gasteiger partial charge in [-0.25, -0.2) is 24.5 Å². The number of anilines is 7. The summed E-state index contributed by atoms with van der Waals surface area (Å²) in [6.45, 7) is 31.3. The molecule has 14 rings (SSSR count). The lowest BCUT2D eigenvalue weighted by molar-refractivity contribution is -0.143. The molecule has 626 valence electrons. The van der Waals surface area contributed by atoms with Gasteiger partial charge in [0.1, 0.15) is 29.1 Å². The number of aliphatic hydroxyl groups is 3. The fourth-order valence-corrected chi connectivity index (χ4v) is 16.4. The van der Waals surface area contributed by atoms with Crippen LogP contribution in [0.25, 0.3) is 11.1 Å². The number of pyridine rings is 3. The zero-order valence-electron chi connectivity index (χ0n) is 67.6. The number of aryl methyl sites for hydroxylation is 2. The highest BCUT2D eigenvalue weighted by Crippen LogP contribution is 2.39. The fourth-order valence-electron chi connectivity index (χ4n) is 15.3. The minimum atomic E-state index is -4.20. The smallest absolute Gasteiger partial charge is 0.399 e. The summed E-state index contributed by atoms with van der Waals surface area (Å²) in [6, 6.07) is 24.0. The van der Waals surface area contributed by atoms with E-state index in [0.29, 0.717) is 68.9 Å². The topological polar surface area (TPSA) is 270 Å². The molecule has 0 radical (unpaired) electrons. The lowest BCUT2D eigenvalue weighted by Gasteiger charge is -2.34. The number of nitrogens with two attached hydrogens (primary N) is 1. The maximum Gasteiger partial charge on any atom is 0.495 e. The van der Waals surface area contributed by atoms with Crippen molar-refractivity contribution < 1.29 is 66.0 Å². The van der Waals surface area contributed by atoms with Gasteiger partial charge in [-0.15, -0.1) is 0 Å². The molecule has 2 atom stereocenters. The zero-order chi connectivity index (χ0) is 80.8. The van der Waals surface area contributed by atoms with Crippen molar-refractivity contribution in [3.8, 4) is 11.1 Å². The maximum absolute atomic E-state index is 13.0. The highest BCUT2D eigenvalue weighted by molar-refractivity contribution is 14.1. The molecular formula is C82H122BF4I2N13O10S. The normalized spacial score (nSPS) is 26.2. The van der Waals surface area contributed by atoms with Crippen LogP contribution in [0.3, 0.4) is 0 Å². The number of rotatable bonds is 13. The van der Waals surface area contributed by atoms with Gasteiger partial charge in [0.15, 0.2) is 0 Å². The Labute approximate surface area is 700 Å². The number of nitrogens with one attached hydrogen (secondary N) is 4. The first kappa shape index (κ1) is 91.6. The van der Waals surface area contributed by atoms with Crippen LogP contribution in [-0.4, -0.2) is 217 Å². The summed E-state index contributed by atoms with van der Waals surface area (Å²) < 4.78 is 81.2. The van der Waals surface area contributed by atoms with Gasteiger partial charge in [-0.1, -0.05) is 31.0 Å². The average molecular weight is 1820 g/mol. The van der Waals surface area contributed by atoms with Gasteiger partial charge in [-0.2, -0.15) is 31.1 Å². The molecule has 23 nitrogen and oxygen atoms in total. The molecule has 113 heavy (non-hydrogen) atoms. The molecule has 0 bridgehead atoms. The second kappa shape index (κ2) is 40.9. The number of carbonyl (C=O) groups excluding carboxylic acids is 2. The average Bonchev–Trinajstić information content (AvgIpc) is 1.62. The molecule has 6 aliphatic heterocycles. The van der Waals surface area contributed by atoms with E-state index >= 15 is 0 Å². The Kier molecular flexibility index (Phi) is 33.1. The van der Waals surface area contributed by atoms with Crippen LogP contribution in [0.5, 0.6) is 0 Å². The van der Waals surface area contributed by atoms with Crippen LogP contribution in [0.2, 0.25) is 0 Å². The number of hydrogen-bond donors (Lipinski definition) is 8. The van der Waals surface area contributed by atoms with E-state index in [-0.39, 0.29) is 32.1 Å². The van der Waals surface area contributed by atoms with Crippen molar-refractivity contribution >= 4 is 124 Å². The number of aromatic nitrogens is 3. The highest BCUT2D eigenvalue weighted by atomic mass is 127. The van der Waals surface area contributed by atoms with E-state index in [9.17, 15) is 42.5 Å². The van der Waals surface area contributed by atoms with Crippen LogP contribution in [0.15, 0.2) is 72.8 Å². The number of ether oxygens (including phenoxy) is 3. The third kappa shape index (κ3) is 27.9. The van der Waals surface area contributed by atoms with Crippen molar-refractivity contribution in [2.45, 2.75) is 224 Å². The fraction of sp³-hybridized carbons (Fsp3) is 0.646. The van der Waals surface area contributed by atoms with Crippen LogP contribution < -0.4 is 47.2 Å². The van der Waals surface area contributed by atoms with Gasteiger partial charge >= 0.3 is 25.4 Å². The molecule has 3 aromatic heterocycles. The third-order valence-corrected chi connectivity index (χ3v) is 24.6. The second-order valence-electron chi connectivity index (χ2n) is 33.5. The van der Waals surface area contributed by atoms with Crippen molar-refractivity contribution in [2.75, 3.05) is 141 Å². The number of morpholine rings is 3. The number of benzene rings is 2. The Balaban J connectivity index is 0.000000173. The van der Waals surface area contributed by atoms with Crippen molar-refractivity contribution in [3.05, 3.63) is 97.0 Å². The largest absolute Gasteiger partial charge is 0.495 e. The molecular weight excluding hydrogens is 1700 g/mol. The summed E-state index contributed by atoms with van der Waals surface area (Å²) in [4.78, 5) is 49.1. The highest BCUT2D eigenvalue weighted by Gasteiger charge is 2.52. The number of likely N-dealkylation sites (tertiary alicyclic amines) is 2. The predicted octanol–water partition coefficient (Wildman–Crippen LogP) is 14.4. The minimum Gasteiger partial charge on any atom is -0.399 e. The number of nitrogens with zero attached hydrogens (tertiary/aromatic N) is 8. The predicted molar refractivity (Wildman–Crippen MR) is 463 cm³/mol. The van der Waals surface area contributed by atoms with Crippen molar-refractivity contribution in [2.24, 2.45) is 17.6 Å². The summed E-state index contributed by atoms with van der Waals surface area (Å²) in [5, 5.41) is 43.0. The summed E-state index contributed by atoms with van der Waals surface area (Å²) >= 11 is 4.44. The third-order valence-electron chi connectivity index (χ3n) is 23.4. The quantitative estimate of drug-likeness (QED) is 0.0236. The Morgan fingerprint density at radius 1 is 0.549 bits per heavy atom. The van der Waals surface area contributed by atoms with Gasteiger partial charge < -0.3 is 90.3 Å². The first-order valence-electron chi connectivity index (χ1n) is 40.2. The van der Waals surface area contributed by atoms with E-state index in [1.165, 1.54) is 14.5 Å². The van der Waals surface area contributed by atoms with Crippen molar-refractivity contribution in [1.82, 2.24) is 24.8 Å². The van der Waals surface area contributed by atoms with Gasteiger partial charge in [-0.05, 0) is 286 Å². The minimum absolute atomic E-state index is 0. The van der Waals surface area contributed by atoms with Crippen LogP contribution >= 0.6 is 58.7 Å². The second-order valence-corrected chi connectivity index (χ2v) is 36.0. The lowest BCUT2D eigenvalue weighted by atomic mass is 9.76. The van der Waals surface area contributed by atoms with Gasteiger partial charge in [0, 0.05) is 115 Å². The Morgan fingerprint density at radius 3 is 1.40 bits per heavy atom. The molecule has 5 aromatic rings. The first-order valence-corrected chi connectivity index (χ1v) is 42.3. The van der Waals surface area contributed by atoms with Gasteiger partial charge in [0.25, 0.3) is 0 Å². The number of urea groups is 2. The molecule has 6 saturated heterocycles. The summed E-state index contributed by atoms with van der Waals surface area (Å²) in [7, 11) is -0.556. The molecule has 9 heterocycles. The Hall–Kier alpha value is -5.34. The van der Waals surface area contributed by atoms with Gasteiger partial charge in [0.05, 0.1) is 67.6 Å².